The SMILES string of the molecule is NC(c1ccco1)c1ccc(F)c2ccccc12. The Morgan fingerprint density at radius 2 is 1.72 bits per heavy atom. The minimum atomic E-state index is -0.384. The van der Waals surface area contributed by atoms with Gasteiger partial charge in [-0.05, 0) is 29.1 Å². The van der Waals surface area contributed by atoms with Crippen LogP contribution in [0.4, 0.5) is 4.39 Å². The largest absolute Gasteiger partial charge is 0.467 e. The number of rotatable bonds is 2. The van der Waals surface area contributed by atoms with Crippen molar-refractivity contribution in [2.24, 2.45) is 5.73 Å². The van der Waals surface area contributed by atoms with Crippen LogP contribution >= 0.6 is 0 Å². The molecule has 2 aromatic carbocycles. The second-order valence-electron chi connectivity index (χ2n) is 4.18. The first-order valence-corrected chi connectivity index (χ1v) is 5.73. The maximum absolute atomic E-state index is 13.7. The van der Waals surface area contributed by atoms with Gasteiger partial charge in [0.2, 0.25) is 0 Å². The third kappa shape index (κ3) is 1.69. The minimum Gasteiger partial charge on any atom is -0.467 e. The first-order valence-electron chi connectivity index (χ1n) is 5.73. The zero-order valence-electron chi connectivity index (χ0n) is 9.64. The smallest absolute Gasteiger partial charge is 0.131 e. The fourth-order valence-corrected chi connectivity index (χ4v) is 2.18. The van der Waals surface area contributed by atoms with Gasteiger partial charge in [-0.1, -0.05) is 30.3 Å². The van der Waals surface area contributed by atoms with E-state index in [0.717, 1.165) is 10.9 Å². The van der Waals surface area contributed by atoms with Gasteiger partial charge in [0, 0.05) is 5.39 Å². The van der Waals surface area contributed by atoms with Crippen LogP contribution in [-0.4, -0.2) is 0 Å². The average molecular weight is 241 g/mol. The van der Waals surface area contributed by atoms with Gasteiger partial charge in [0.1, 0.15) is 11.6 Å². The van der Waals surface area contributed by atoms with Gasteiger partial charge in [-0.2, -0.15) is 0 Å². The van der Waals surface area contributed by atoms with E-state index in [2.05, 4.69) is 0 Å². The summed E-state index contributed by atoms with van der Waals surface area (Å²) in [5.74, 6) is 0.438. The molecule has 1 atom stereocenters. The molecular weight excluding hydrogens is 229 g/mol. The molecule has 2 N–H and O–H groups in total. The van der Waals surface area contributed by atoms with Crippen LogP contribution in [0.3, 0.4) is 0 Å². The maximum Gasteiger partial charge on any atom is 0.131 e. The van der Waals surface area contributed by atoms with Crippen molar-refractivity contribution >= 4 is 10.8 Å². The number of nitrogens with two attached hydrogens (primary N) is 1. The van der Waals surface area contributed by atoms with Gasteiger partial charge in [0.15, 0.2) is 0 Å². The predicted octanol–water partition coefficient (Wildman–Crippen LogP) is 3.62. The summed E-state index contributed by atoms with van der Waals surface area (Å²) >= 11 is 0. The second-order valence-corrected chi connectivity index (χ2v) is 4.18. The molecule has 0 aliphatic rings. The Balaban J connectivity index is 2.21. The summed E-state index contributed by atoms with van der Waals surface area (Å²) in [6.45, 7) is 0. The van der Waals surface area contributed by atoms with Crippen LogP contribution in [0.5, 0.6) is 0 Å². The van der Waals surface area contributed by atoms with Crippen LogP contribution in [0, 0.1) is 5.82 Å². The van der Waals surface area contributed by atoms with E-state index in [9.17, 15) is 4.39 Å². The molecule has 1 heterocycles. The molecule has 3 heteroatoms. The monoisotopic (exact) mass is 241 g/mol. The number of halogens is 1. The Bertz CT molecular complexity index is 676. The number of furan rings is 1. The van der Waals surface area contributed by atoms with E-state index >= 15 is 0 Å². The Hall–Kier alpha value is -2.13. The zero-order valence-corrected chi connectivity index (χ0v) is 9.64. The van der Waals surface area contributed by atoms with Crippen molar-refractivity contribution in [3.05, 3.63) is 71.9 Å². The summed E-state index contributed by atoms with van der Waals surface area (Å²) in [5.41, 5.74) is 7.02. The molecule has 18 heavy (non-hydrogen) atoms. The summed E-state index contributed by atoms with van der Waals surface area (Å²) in [5, 5.41) is 1.40. The predicted molar refractivity (Wildman–Crippen MR) is 68.6 cm³/mol. The topological polar surface area (TPSA) is 39.2 Å². The molecule has 1 aromatic heterocycles. The molecule has 0 amide bonds. The number of fused-ring (bicyclic) bond motifs is 1. The van der Waals surface area contributed by atoms with E-state index in [1.165, 1.54) is 6.07 Å². The fourth-order valence-electron chi connectivity index (χ4n) is 2.18. The van der Waals surface area contributed by atoms with Gasteiger partial charge >= 0.3 is 0 Å². The van der Waals surface area contributed by atoms with Crippen LogP contribution in [0.25, 0.3) is 10.8 Å². The molecule has 0 aliphatic carbocycles. The highest BCUT2D eigenvalue weighted by atomic mass is 19.1. The Morgan fingerprint density at radius 3 is 2.44 bits per heavy atom. The summed E-state index contributed by atoms with van der Waals surface area (Å²) in [6, 6.07) is 13.7. The third-order valence-electron chi connectivity index (χ3n) is 3.09. The van der Waals surface area contributed by atoms with Gasteiger partial charge < -0.3 is 10.2 Å². The summed E-state index contributed by atoms with van der Waals surface area (Å²) in [4.78, 5) is 0. The minimum absolute atomic E-state index is 0.235. The molecule has 2 nitrogen and oxygen atoms in total. The van der Waals surface area contributed by atoms with E-state index in [0.29, 0.717) is 11.1 Å². The molecule has 0 spiro atoms. The van der Waals surface area contributed by atoms with Crippen LogP contribution in [-0.2, 0) is 0 Å². The van der Waals surface area contributed by atoms with Crippen LogP contribution in [0.15, 0.2) is 59.2 Å². The van der Waals surface area contributed by atoms with Gasteiger partial charge in [0.25, 0.3) is 0 Å². The van der Waals surface area contributed by atoms with Crippen LogP contribution < -0.4 is 5.73 Å². The highest BCUT2D eigenvalue weighted by molar-refractivity contribution is 5.87. The lowest BCUT2D eigenvalue weighted by atomic mass is 9.97. The van der Waals surface area contributed by atoms with Crippen molar-refractivity contribution in [1.29, 1.82) is 0 Å². The molecule has 0 fully saturated rings. The molecule has 0 aliphatic heterocycles. The van der Waals surface area contributed by atoms with Gasteiger partial charge in [0.05, 0.1) is 12.3 Å². The van der Waals surface area contributed by atoms with E-state index < -0.39 is 0 Å². The standard InChI is InChI=1S/C15H12FNO/c16-13-8-7-12(10-4-1-2-5-11(10)13)15(17)14-6-3-9-18-14/h1-9,15H,17H2. The molecule has 90 valence electrons. The Kier molecular flexibility index (Phi) is 2.61. The van der Waals surface area contributed by atoms with Crippen molar-refractivity contribution in [3.63, 3.8) is 0 Å². The summed E-state index contributed by atoms with van der Waals surface area (Å²) in [6.07, 6.45) is 1.58. The molecule has 3 aromatic rings. The van der Waals surface area contributed by atoms with E-state index in [4.69, 9.17) is 10.2 Å². The lowest BCUT2D eigenvalue weighted by molar-refractivity contribution is 0.490. The van der Waals surface area contributed by atoms with E-state index in [1.807, 2.05) is 24.3 Å². The third-order valence-corrected chi connectivity index (χ3v) is 3.09. The Labute approximate surface area is 104 Å². The fraction of sp³-hybridized carbons (Fsp3) is 0.0667. The van der Waals surface area contributed by atoms with Crippen LogP contribution in [0.2, 0.25) is 0 Å². The van der Waals surface area contributed by atoms with Gasteiger partial charge in [-0.15, -0.1) is 0 Å². The quantitative estimate of drug-likeness (QED) is 0.744. The van der Waals surface area contributed by atoms with E-state index in [-0.39, 0.29) is 11.9 Å². The van der Waals surface area contributed by atoms with Crippen molar-refractivity contribution in [3.8, 4) is 0 Å². The summed E-state index contributed by atoms with van der Waals surface area (Å²) in [7, 11) is 0. The van der Waals surface area contributed by atoms with Crippen molar-refractivity contribution in [1.82, 2.24) is 0 Å². The number of benzene rings is 2. The van der Waals surface area contributed by atoms with Crippen LogP contribution in [0.1, 0.15) is 17.4 Å². The molecule has 0 radical (unpaired) electrons. The number of hydrogen-bond acceptors (Lipinski definition) is 2. The Morgan fingerprint density at radius 1 is 0.944 bits per heavy atom. The molecule has 0 bridgehead atoms. The van der Waals surface area contributed by atoms with Gasteiger partial charge in [-0.3, -0.25) is 0 Å². The first-order chi connectivity index (χ1) is 8.77. The first kappa shape index (κ1) is 11.0. The normalized spacial score (nSPS) is 12.8. The van der Waals surface area contributed by atoms with Crippen molar-refractivity contribution in [2.45, 2.75) is 6.04 Å². The molecule has 0 saturated heterocycles. The average Bonchev–Trinajstić information content (AvgIpc) is 2.93. The molecule has 1 unspecified atom stereocenters. The zero-order chi connectivity index (χ0) is 12.5. The maximum atomic E-state index is 13.7. The van der Waals surface area contributed by atoms with Gasteiger partial charge in [-0.25, -0.2) is 4.39 Å². The molecular formula is C15H12FNO. The lowest BCUT2D eigenvalue weighted by Gasteiger charge is -2.13. The lowest BCUT2D eigenvalue weighted by Crippen LogP contribution is -2.11. The van der Waals surface area contributed by atoms with Crippen molar-refractivity contribution in [2.75, 3.05) is 0 Å². The number of hydrogen-bond donors (Lipinski definition) is 1. The van der Waals surface area contributed by atoms with Crippen molar-refractivity contribution < 1.29 is 8.81 Å². The highest BCUT2D eigenvalue weighted by Crippen LogP contribution is 2.28. The summed E-state index contributed by atoms with van der Waals surface area (Å²) < 4.78 is 19.0. The highest BCUT2D eigenvalue weighted by Gasteiger charge is 2.15. The van der Waals surface area contributed by atoms with E-state index in [1.54, 1.807) is 24.5 Å². The second kappa shape index (κ2) is 4.27. The molecule has 3 rings (SSSR count). The molecule has 0 saturated carbocycles.